The Labute approximate surface area is 358 Å². The van der Waals surface area contributed by atoms with Crippen LogP contribution in [0.5, 0.6) is 0 Å². The molecule has 0 spiro atoms. The maximum Gasteiger partial charge on any atom is 0.0715 e. The van der Waals surface area contributed by atoms with Crippen LogP contribution in [0.15, 0.2) is 231 Å². The molecule has 0 aliphatic heterocycles. The van der Waals surface area contributed by atoms with Gasteiger partial charge in [0.25, 0.3) is 0 Å². The highest BCUT2D eigenvalue weighted by Gasteiger charge is 2.47. The molecular formula is C59H44N2. The maximum absolute atomic E-state index is 2.48. The van der Waals surface area contributed by atoms with E-state index in [1.807, 2.05) is 0 Å². The zero-order chi connectivity index (χ0) is 40.9. The summed E-state index contributed by atoms with van der Waals surface area (Å²) in [6, 6.07) is 85.1. The van der Waals surface area contributed by atoms with Gasteiger partial charge >= 0.3 is 0 Å². The topological polar surface area (TPSA) is 6.48 Å². The second kappa shape index (κ2) is 14.9. The lowest BCUT2D eigenvalue weighted by molar-refractivity contribution is 0.767. The van der Waals surface area contributed by atoms with Crippen molar-refractivity contribution in [1.82, 2.24) is 0 Å². The predicted octanol–water partition coefficient (Wildman–Crippen LogP) is 15.9. The molecule has 0 amide bonds. The molecule has 2 heteroatoms. The first-order valence-corrected chi connectivity index (χ1v) is 21.2. The maximum atomic E-state index is 2.48. The van der Waals surface area contributed by atoms with Gasteiger partial charge in [0.2, 0.25) is 0 Å². The van der Waals surface area contributed by atoms with E-state index >= 15 is 0 Å². The SMILES string of the molecule is Cc1ccc(C2(c3ccc(C)cc3)c3cc(N(c4ccccc4)c4cccc5ccccc45)ccc3-c3ccc(N(c4ccccc4)c4cccc5ccccc45)cc32)cc1. The molecule has 2 nitrogen and oxygen atoms in total. The van der Waals surface area contributed by atoms with Gasteiger partial charge in [0.15, 0.2) is 0 Å². The molecule has 11 rings (SSSR count). The van der Waals surface area contributed by atoms with Crippen LogP contribution in [0.1, 0.15) is 33.4 Å². The van der Waals surface area contributed by atoms with E-state index < -0.39 is 5.41 Å². The van der Waals surface area contributed by atoms with Gasteiger partial charge in [-0.2, -0.15) is 0 Å². The van der Waals surface area contributed by atoms with E-state index in [1.54, 1.807) is 0 Å². The highest BCUT2D eigenvalue weighted by atomic mass is 15.1. The summed E-state index contributed by atoms with van der Waals surface area (Å²) in [4.78, 5) is 4.87. The largest absolute Gasteiger partial charge is 0.310 e. The monoisotopic (exact) mass is 780 g/mol. The summed E-state index contributed by atoms with van der Waals surface area (Å²) >= 11 is 0. The highest BCUT2D eigenvalue weighted by molar-refractivity contribution is 6.01. The third kappa shape index (κ3) is 6.02. The molecule has 0 atom stereocenters. The van der Waals surface area contributed by atoms with E-state index in [1.165, 1.54) is 66.1 Å². The molecule has 1 aliphatic carbocycles. The Balaban J connectivity index is 1.21. The molecule has 0 N–H and O–H groups in total. The molecule has 0 saturated heterocycles. The number of fused-ring (bicyclic) bond motifs is 5. The smallest absolute Gasteiger partial charge is 0.0715 e. The molecule has 0 bridgehead atoms. The van der Waals surface area contributed by atoms with Gasteiger partial charge in [-0.05, 0) is 119 Å². The Kier molecular flexibility index (Phi) is 8.86. The Morgan fingerprint density at radius 3 is 1.11 bits per heavy atom. The number of rotatable bonds is 8. The average Bonchev–Trinajstić information content (AvgIpc) is 3.60. The molecule has 1 aliphatic rings. The second-order valence-electron chi connectivity index (χ2n) is 16.3. The number of hydrogen-bond donors (Lipinski definition) is 0. The summed E-state index contributed by atoms with van der Waals surface area (Å²) in [5, 5.41) is 4.84. The van der Waals surface area contributed by atoms with Crippen molar-refractivity contribution in [3.8, 4) is 11.1 Å². The van der Waals surface area contributed by atoms with Gasteiger partial charge in [-0.3, -0.25) is 0 Å². The fourth-order valence-electron chi connectivity index (χ4n) is 9.79. The molecular weight excluding hydrogens is 737 g/mol. The Hall–Kier alpha value is -7.68. The lowest BCUT2D eigenvalue weighted by Crippen LogP contribution is -2.29. The van der Waals surface area contributed by atoms with Gasteiger partial charge in [0.1, 0.15) is 0 Å². The molecule has 10 aromatic carbocycles. The molecule has 0 aromatic heterocycles. The summed E-state index contributed by atoms with van der Waals surface area (Å²) < 4.78 is 0. The third-order valence-corrected chi connectivity index (χ3v) is 12.6. The van der Waals surface area contributed by atoms with Crippen molar-refractivity contribution in [2.24, 2.45) is 0 Å². The number of aryl methyl sites for hydroxylation is 2. The second-order valence-corrected chi connectivity index (χ2v) is 16.3. The highest BCUT2D eigenvalue weighted by Crippen LogP contribution is 2.59. The molecule has 0 fully saturated rings. The Morgan fingerprint density at radius 2 is 0.689 bits per heavy atom. The summed E-state index contributed by atoms with van der Waals surface area (Å²) in [7, 11) is 0. The van der Waals surface area contributed by atoms with Crippen molar-refractivity contribution in [1.29, 1.82) is 0 Å². The fraction of sp³-hybridized carbons (Fsp3) is 0.0508. The molecule has 0 radical (unpaired) electrons. The van der Waals surface area contributed by atoms with E-state index in [-0.39, 0.29) is 0 Å². The number of para-hydroxylation sites is 2. The van der Waals surface area contributed by atoms with Gasteiger partial charge in [-0.25, -0.2) is 0 Å². The van der Waals surface area contributed by atoms with Crippen LogP contribution in [0, 0.1) is 13.8 Å². The van der Waals surface area contributed by atoms with Crippen molar-refractivity contribution in [3.63, 3.8) is 0 Å². The number of anilines is 6. The normalized spacial score (nSPS) is 12.6. The average molecular weight is 781 g/mol. The van der Waals surface area contributed by atoms with Gasteiger partial charge in [0, 0.05) is 33.5 Å². The quantitative estimate of drug-likeness (QED) is 0.152. The molecule has 0 heterocycles. The van der Waals surface area contributed by atoms with Crippen molar-refractivity contribution in [2.45, 2.75) is 19.3 Å². The van der Waals surface area contributed by atoms with Crippen LogP contribution in [0.3, 0.4) is 0 Å². The zero-order valence-corrected chi connectivity index (χ0v) is 34.3. The van der Waals surface area contributed by atoms with E-state index in [4.69, 9.17) is 0 Å². The predicted molar refractivity (Wildman–Crippen MR) is 258 cm³/mol. The van der Waals surface area contributed by atoms with E-state index in [0.717, 1.165) is 34.1 Å². The first kappa shape index (κ1) is 36.4. The zero-order valence-electron chi connectivity index (χ0n) is 34.3. The number of hydrogen-bond acceptors (Lipinski definition) is 2. The number of benzene rings is 10. The van der Waals surface area contributed by atoms with Crippen LogP contribution in [0.25, 0.3) is 32.7 Å². The van der Waals surface area contributed by atoms with Gasteiger partial charge in [-0.15, -0.1) is 0 Å². The van der Waals surface area contributed by atoms with Crippen LogP contribution in [0.4, 0.5) is 34.1 Å². The van der Waals surface area contributed by atoms with E-state index in [9.17, 15) is 0 Å². The van der Waals surface area contributed by atoms with Crippen molar-refractivity contribution >= 4 is 55.7 Å². The van der Waals surface area contributed by atoms with E-state index in [0.29, 0.717) is 0 Å². The molecule has 290 valence electrons. The van der Waals surface area contributed by atoms with Crippen LogP contribution in [-0.4, -0.2) is 0 Å². The molecule has 61 heavy (non-hydrogen) atoms. The first-order valence-electron chi connectivity index (χ1n) is 21.2. The van der Waals surface area contributed by atoms with Crippen molar-refractivity contribution < 1.29 is 0 Å². The molecule has 0 saturated carbocycles. The van der Waals surface area contributed by atoms with Crippen molar-refractivity contribution in [3.05, 3.63) is 264 Å². The third-order valence-electron chi connectivity index (χ3n) is 12.6. The van der Waals surface area contributed by atoms with Crippen LogP contribution in [-0.2, 0) is 5.41 Å². The molecule has 0 unspecified atom stereocenters. The summed E-state index contributed by atoms with van der Waals surface area (Å²) in [5.41, 5.74) is 16.1. The Morgan fingerprint density at radius 1 is 0.311 bits per heavy atom. The number of nitrogens with zero attached hydrogens (tertiary/aromatic N) is 2. The van der Waals surface area contributed by atoms with Gasteiger partial charge in [0.05, 0.1) is 16.8 Å². The minimum atomic E-state index is -0.639. The van der Waals surface area contributed by atoms with Crippen LogP contribution in [0.2, 0.25) is 0 Å². The summed E-state index contributed by atoms with van der Waals surface area (Å²) in [6.07, 6.45) is 0. The minimum Gasteiger partial charge on any atom is -0.310 e. The lowest BCUT2D eigenvalue weighted by atomic mass is 9.67. The first-order chi connectivity index (χ1) is 30.1. The van der Waals surface area contributed by atoms with Gasteiger partial charge < -0.3 is 9.80 Å². The van der Waals surface area contributed by atoms with Gasteiger partial charge in [-0.1, -0.05) is 181 Å². The van der Waals surface area contributed by atoms with Crippen molar-refractivity contribution in [2.75, 3.05) is 9.80 Å². The summed E-state index contributed by atoms with van der Waals surface area (Å²) in [5.74, 6) is 0. The standard InChI is InChI=1S/C59H44N2/c1-41-27-31-45(32-28-41)59(46-33-29-42(2)30-34-46)55-39-49(60(47-19-5-3-6-20-47)57-25-13-17-43-15-9-11-23-51(43)57)35-37-53(55)54-38-36-50(40-56(54)59)61(48-21-7-4-8-22-48)58-26-14-18-44-16-10-12-24-52(44)58/h3-40H,1-2H3. The molecule has 10 aromatic rings. The van der Waals surface area contributed by atoms with E-state index in [2.05, 4.69) is 254 Å². The Bertz CT molecular complexity index is 2970. The summed E-state index contributed by atoms with van der Waals surface area (Å²) in [6.45, 7) is 4.36. The van der Waals surface area contributed by atoms with Crippen LogP contribution >= 0.6 is 0 Å². The van der Waals surface area contributed by atoms with Crippen LogP contribution < -0.4 is 9.80 Å². The fourth-order valence-corrected chi connectivity index (χ4v) is 9.79. The lowest BCUT2D eigenvalue weighted by Gasteiger charge is -2.36. The minimum absolute atomic E-state index is 0.639.